The van der Waals surface area contributed by atoms with E-state index in [-0.39, 0.29) is 0 Å². The number of para-hydroxylation sites is 1. The highest BCUT2D eigenvalue weighted by Gasteiger charge is 1.95. The molecule has 1 rings (SSSR count). The zero-order valence-electron chi connectivity index (χ0n) is 14.9. The lowest BCUT2D eigenvalue weighted by Crippen LogP contribution is -2.78. The summed E-state index contributed by atoms with van der Waals surface area (Å²) < 4.78 is 0. The van der Waals surface area contributed by atoms with E-state index in [0.29, 0.717) is 0 Å². The van der Waals surface area contributed by atoms with Crippen LogP contribution in [0.15, 0.2) is 95.8 Å². The average Bonchev–Trinajstić information content (AvgIpc) is 2.61. The molecule has 1 aromatic rings. The molecule has 0 radical (unpaired) electrons. The molecule has 0 aromatic heterocycles. The van der Waals surface area contributed by atoms with Crippen molar-refractivity contribution in [3.8, 4) is 0 Å². The molecule has 0 amide bonds. The second-order valence-electron chi connectivity index (χ2n) is 5.23. The third-order valence-corrected chi connectivity index (χ3v) is 3.28. The van der Waals surface area contributed by atoms with Gasteiger partial charge in [-0.1, -0.05) is 55.2 Å². The van der Waals surface area contributed by atoms with Crippen LogP contribution in [0.5, 0.6) is 0 Å². The summed E-state index contributed by atoms with van der Waals surface area (Å²) in [5, 5.41) is 8.42. The van der Waals surface area contributed by atoms with Gasteiger partial charge < -0.3 is 5.32 Å². The van der Waals surface area contributed by atoms with E-state index in [1.165, 1.54) is 0 Å². The summed E-state index contributed by atoms with van der Waals surface area (Å²) >= 11 is 0. The summed E-state index contributed by atoms with van der Waals surface area (Å²) in [5.41, 5.74) is 3.20. The Kier molecular flexibility index (Phi) is 9.58. The van der Waals surface area contributed by atoms with Gasteiger partial charge >= 0.3 is 0 Å². The van der Waals surface area contributed by atoms with Crippen LogP contribution in [0.3, 0.4) is 0 Å². The van der Waals surface area contributed by atoms with Crippen LogP contribution in [0, 0.1) is 0 Å². The predicted octanol–water partition coefficient (Wildman–Crippen LogP) is 3.82. The minimum atomic E-state index is 0.836. The highest BCUT2D eigenvalue weighted by atomic mass is 15.4. The molecule has 0 aliphatic heterocycles. The molecule has 0 heterocycles. The van der Waals surface area contributed by atoms with Crippen LogP contribution in [0.4, 0.5) is 5.69 Å². The largest absolute Gasteiger partial charge is 0.316 e. The molecular weight excluding hydrogens is 294 g/mol. The molecule has 0 spiro atoms. The molecule has 0 fully saturated rings. The van der Waals surface area contributed by atoms with Crippen molar-refractivity contribution in [2.24, 2.45) is 5.10 Å². The van der Waals surface area contributed by atoms with Crippen LogP contribution in [-0.2, 0) is 0 Å². The van der Waals surface area contributed by atoms with Crippen molar-refractivity contribution in [1.82, 2.24) is 0 Å². The lowest BCUT2D eigenvalue weighted by molar-refractivity contribution is -0.579. The zero-order chi connectivity index (χ0) is 17.6. The highest BCUT2D eigenvalue weighted by molar-refractivity contribution is 5.82. The number of benzene rings is 1. The number of nitrogens with two attached hydrogens (primary N) is 1. The highest BCUT2D eigenvalue weighted by Crippen LogP contribution is 2.10. The van der Waals surface area contributed by atoms with Crippen molar-refractivity contribution in [2.75, 3.05) is 18.6 Å². The van der Waals surface area contributed by atoms with E-state index in [1.807, 2.05) is 105 Å². The van der Waals surface area contributed by atoms with E-state index in [2.05, 4.69) is 17.0 Å². The van der Waals surface area contributed by atoms with E-state index >= 15 is 0 Å². The first-order chi connectivity index (χ1) is 11.7. The normalized spacial score (nSPS) is 12.9. The molecule has 0 bridgehead atoms. The van der Waals surface area contributed by atoms with Gasteiger partial charge in [0, 0.05) is 7.05 Å². The third-order valence-electron chi connectivity index (χ3n) is 3.28. The number of quaternary nitrogens is 1. The summed E-state index contributed by atoms with van der Waals surface area (Å²) in [5.74, 6) is 0. The van der Waals surface area contributed by atoms with Gasteiger partial charge in [-0.2, -0.15) is 5.10 Å². The van der Waals surface area contributed by atoms with Crippen molar-refractivity contribution < 1.29 is 5.32 Å². The lowest BCUT2D eigenvalue weighted by Gasteiger charge is -2.12. The average molecular weight is 322 g/mol. The first-order valence-electron chi connectivity index (χ1n) is 8.13. The molecule has 0 unspecified atom stereocenters. The second kappa shape index (κ2) is 11.9. The van der Waals surface area contributed by atoms with Crippen molar-refractivity contribution in [3.05, 3.63) is 90.7 Å². The van der Waals surface area contributed by atoms with Crippen LogP contribution < -0.4 is 10.3 Å². The van der Waals surface area contributed by atoms with E-state index in [9.17, 15) is 0 Å². The molecule has 0 aliphatic rings. The summed E-state index contributed by atoms with van der Waals surface area (Å²) in [4.78, 5) is 0. The van der Waals surface area contributed by atoms with Crippen LogP contribution in [0.1, 0.15) is 13.8 Å². The van der Waals surface area contributed by atoms with Gasteiger partial charge in [0.1, 0.15) is 6.54 Å². The molecule has 3 nitrogen and oxygen atoms in total. The first kappa shape index (κ1) is 19.4. The predicted molar refractivity (Wildman–Crippen MR) is 106 cm³/mol. The van der Waals surface area contributed by atoms with Gasteiger partial charge in [0.05, 0.1) is 18.1 Å². The van der Waals surface area contributed by atoms with E-state index in [1.54, 1.807) is 0 Å². The SMILES string of the molecule is C=C(/C=C\C=C/C)C[NH2+]\C=C/C(/C=N/N(C)c1ccccc1)=C\C. The lowest BCUT2D eigenvalue weighted by atomic mass is 10.2. The molecule has 24 heavy (non-hydrogen) atoms. The summed E-state index contributed by atoms with van der Waals surface area (Å²) in [6, 6.07) is 10.1. The van der Waals surface area contributed by atoms with Gasteiger partial charge in [-0.05, 0) is 43.2 Å². The molecule has 3 heteroatoms. The number of hydrogen-bond acceptors (Lipinski definition) is 2. The number of rotatable bonds is 9. The maximum Gasteiger partial charge on any atom is 0.105 e. The Bertz CT molecular complexity index is 634. The second-order valence-corrected chi connectivity index (χ2v) is 5.23. The molecule has 2 N–H and O–H groups in total. The maximum atomic E-state index is 4.47. The topological polar surface area (TPSA) is 32.2 Å². The van der Waals surface area contributed by atoms with Gasteiger partial charge in [-0.25, -0.2) is 0 Å². The smallest absolute Gasteiger partial charge is 0.105 e. The zero-order valence-corrected chi connectivity index (χ0v) is 14.9. The van der Waals surface area contributed by atoms with Crippen LogP contribution in [-0.4, -0.2) is 19.8 Å². The van der Waals surface area contributed by atoms with Crippen molar-refractivity contribution in [3.63, 3.8) is 0 Å². The minimum Gasteiger partial charge on any atom is -0.316 e. The quantitative estimate of drug-likeness (QED) is 0.418. The van der Waals surface area contributed by atoms with Crippen LogP contribution in [0.2, 0.25) is 0 Å². The van der Waals surface area contributed by atoms with Gasteiger partial charge in [-0.15, -0.1) is 0 Å². The number of allylic oxidation sites excluding steroid dienone is 6. The summed E-state index contributed by atoms with van der Waals surface area (Å²) in [6.07, 6.45) is 16.0. The van der Waals surface area contributed by atoms with Crippen LogP contribution >= 0.6 is 0 Å². The Morgan fingerprint density at radius 2 is 1.92 bits per heavy atom. The Hall–Kier alpha value is -2.65. The number of hydrogen-bond donors (Lipinski definition) is 1. The van der Waals surface area contributed by atoms with Crippen molar-refractivity contribution in [2.45, 2.75) is 13.8 Å². The number of hydrazone groups is 1. The molecule has 0 atom stereocenters. The standard InChI is InChI=1S/C21H27N3/c1-5-7-9-12-19(3)17-22-16-15-20(6-2)18-23-24(4)21-13-10-8-11-14-21/h5-16,18,22H,3,17H2,1-2,4H3/p+1/b7-5-,12-9-,16-15-,20-6+,23-18+. The molecule has 0 aliphatic carbocycles. The molecule has 1 aromatic carbocycles. The van der Waals surface area contributed by atoms with Crippen molar-refractivity contribution >= 4 is 11.9 Å². The molecule has 0 saturated carbocycles. The third kappa shape index (κ3) is 8.11. The Morgan fingerprint density at radius 1 is 1.17 bits per heavy atom. The van der Waals surface area contributed by atoms with Crippen LogP contribution in [0.25, 0.3) is 0 Å². The monoisotopic (exact) mass is 322 g/mol. The van der Waals surface area contributed by atoms with E-state index in [0.717, 1.165) is 23.4 Å². The van der Waals surface area contributed by atoms with Gasteiger partial charge in [0.2, 0.25) is 0 Å². The van der Waals surface area contributed by atoms with E-state index in [4.69, 9.17) is 0 Å². The van der Waals surface area contributed by atoms with Gasteiger partial charge in [-0.3, -0.25) is 5.01 Å². The number of anilines is 1. The first-order valence-corrected chi connectivity index (χ1v) is 8.13. The Labute approximate surface area is 146 Å². The Morgan fingerprint density at radius 3 is 2.58 bits per heavy atom. The minimum absolute atomic E-state index is 0.836. The fraction of sp³-hybridized carbons (Fsp3) is 0.190. The van der Waals surface area contributed by atoms with Gasteiger partial charge in [0.15, 0.2) is 0 Å². The van der Waals surface area contributed by atoms with E-state index < -0.39 is 0 Å². The maximum absolute atomic E-state index is 4.47. The Balaban J connectivity index is 2.47. The van der Waals surface area contributed by atoms with Gasteiger partial charge in [0.25, 0.3) is 0 Å². The summed E-state index contributed by atoms with van der Waals surface area (Å²) in [7, 11) is 1.94. The molecule has 126 valence electrons. The number of nitrogens with zero attached hydrogens (tertiary/aromatic N) is 2. The fourth-order valence-corrected chi connectivity index (χ4v) is 1.85. The molecule has 0 saturated heterocycles. The summed E-state index contributed by atoms with van der Waals surface area (Å²) in [6.45, 7) is 8.86. The fourth-order valence-electron chi connectivity index (χ4n) is 1.85. The molecular formula is C21H28N3+. The van der Waals surface area contributed by atoms with Crippen molar-refractivity contribution in [1.29, 1.82) is 0 Å².